The fourth-order valence-corrected chi connectivity index (χ4v) is 8.61. The maximum Gasteiger partial charge on any atom is 0.168 e. The third-order valence-corrected chi connectivity index (χ3v) is 10.8. The van der Waals surface area contributed by atoms with Crippen molar-refractivity contribution >= 4 is 34.2 Å². The molecular formula is C47H56O5S2. The van der Waals surface area contributed by atoms with Gasteiger partial charge in [-0.2, -0.15) is 0 Å². The molecule has 0 radical (unpaired) electrons. The molecule has 5 nitrogen and oxygen atoms in total. The minimum Gasteiger partial charge on any atom is -0.400 e. The number of hydrogen-bond donors (Lipinski definition) is 1. The fraction of sp³-hybridized carbons (Fsp3) is 0.255. The molecule has 2 heterocycles. The van der Waals surface area contributed by atoms with Crippen molar-refractivity contribution in [2.45, 2.75) is 39.9 Å². The number of carbonyl (C=O) groups excluding carboxylic acids is 1. The van der Waals surface area contributed by atoms with Crippen molar-refractivity contribution in [3.63, 3.8) is 0 Å². The molecule has 3 aliphatic rings. The first-order valence-corrected chi connectivity index (χ1v) is 19.6. The van der Waals surface area contributed by atoms with Gasteiger partial charge < -0.3 is 9.84 Å². The van der Waals surface area contributed by atoms with Crippen molar-refractivity contribution in [1.29, 1.82) is 0 Å². The molecule has 7 heteroatoms. The standard InChI is InChI=1S/C44H46O4S2.C2H6.CH4O/c1-9-15-21-32(13-5)39-28-35(29-40(50-39)33(14-6)22-16-10-2)41-42(45)44(46-7)36(43(41)48-47-8)25-30-26-37(31(12-4)20-11-3)49-38(27-30)34-23-18-17-19-24-34;2*1-2/h9-29,35-36,41,43-44H,1,3-4,6H2,2,5,7-8H3;1-2H3;2H,1H3/b16-10-,21-15-,30-25?,31-20+,32-13+,33-22+;;. The van der Waals surface area contributed by atoms with E-state index in [1.165, 1.54) is 7.11 Å². The Morgan fingerprint density at radius 3 is 2.02 bits per heavy atom. The zero-order valence-corrected chi connectivity index (χ0v) is 34.4. The van der Waals surface area contributed by atoms with Gasteiger partial charge in [-0.05, 0) is 53.9 Å². The van der Waals surface area contributed by atoms with E-state index in [0.717, 1.165) is 54.6 Å². The number of carbonyl (C=O) groups is 1. The number of aliphatic hydroxyl groups excluding tert-OH is 1. The predicted molar refractivity (Wildman–Crippen MR) is 234 cm³/mol. The van der Waals surface area contributed by atoms with E-state index >= 15 is 0 Å². The Morgan fingerprint density at radius 2 is 1.46 bits per heavy atom. The highest BCUT2D eigenvalue weighted by atomic mass is 32.2. The Hall–Kier alpha value is -4.21. The third kappa shape index (κ3) is 11.9. The number of aliphatic hydroxyl groups is 1. The predicted octanol–water partition coefficient (Wildman–Crippen LogP) is 11.8. The van der Waals surface area contributed by atoms with Crippen LogP contribution in [0, 0.1) is 17.8 Å². The van der Waals surface area contributed by atoms with E-state index in [2.05, 4.69) is 74.9 Å². The summed E-state index contributed by atoms with van der Waals surface area (Å²) < 4.78 is 5.98. The van der Waals surface area contributed by atoms with E-state index in [9.17, 15) is 4.79 Å². The SMILES string of the molecule is C=C/C=C\C(=C/C)C1=CC(C2C(=O)C(OC)C(C=C3C=C(/C(C=C)=C/C=C)SC(c4ccccc4)=C3)C2OOC)C=C(/C(C=C)=C/C=C\C)S1.CC.CO. The second-order valence-corrected chi connectivity index (χ2v) is 13.7. The minimum absolute atomic E-state index is 0.0410. The van der Waals surface area contributed by atoms with Gasteiger partial charge in [-0.15, -0.1) is 0 Å². The van der Waals surface area contributed by atoms with Crippen LogP contribution in [0.2, 0.25) is 0 Å². The van der Waals surface area contributed by atoms with Crippen LogP contribution in [0.3, 0.4) is 0 Å². The molecule has 1 aromatic carbocycles. The number of thioether (sulfide) groups is 2. The second kappa shape index (κ2) is 25.0. The Morgan fingerprint density at radius 1 is 0.815 bits per heavy atom. The molecule has 1 fully saturated rings. The van der Waals surface area contributed by atoms with Crippen LogP contribution in [0.25, 0.3) is 4.91 Å². The normalized spacial score (nSPS) is 24.1. The van der Waals surface area contributed by atoms with Gasteiger partial charge in [0.15, 0.2) is 5.78 Å². The zero-order valence-electron chi connectivity index (χ0n) is 32.7. The maximum absolute atomic E-state index is 14.5. The molecule has 4 rings (SSSR count). The van der Waals surface area contributed by atoms with E-state index in [4.69, 9.17) is 19.6 Å². The monoisotopic (exact) mass is 764 g/mol. The Bertz CT molecular complexity index is 1780. The van der Waals surface area contributed by atoms with Crippen molar-refractivity contribution in [1.82, 2.24) is 0 Å². The molecule has 0 saturated heterocycles. The van der Waals surface area contributed by atoms with Crippen LogP contribution < -0.4 is 0 Å². The molecule has 1 aliphatic carbocycles. The van der Waals surface area contributed by atoms with Crippen molar-refractivity contribution in [2.75, 3.05) is 21.3 Å². The molecule has 0 spiro atoms. The number of hydrogen-bond acceptors (Lipinski definition) is 7. The van der Waals surface area contributed by atoms with Crippen LogP contribution in [-0.2, 0) is 19.3 Å². The van der Waals surface area contributed by atoms with Crippen LogP contribution in [0.1, 0.15) is 33.3 Å². The van der Waals surface area contributed by atoms with Gasteiger partial charge in [0.2, 0.25) is 0 Å². The Labute approximate surface area is 332 Å². The van der Waals surface area contributed by atoms with Crippen molar-refractivity contribution in [3.05, 3.63) is 196 Å². The van der Waals surface area contributed by atoms with E-state index < -0.39 is 24.0 Å². The lowest BCUT2D eigenvalue weighted by Crippen LogP contribution is -2.32. The lowest BCUT2D eigenvalue weighted by Gasteiger charge is -2.29. The molecule has 2 aliphatic heterocycles. The maximum atomic E-state index is 14.5. The summed E-state index contributed by atoms with van der Waals surface area (Å²) in [6.07, 6.45) is 30.4. The van der Waals surface area contributed by atoms with Crippen molar-refractivity contribution in [3.8, 4) is 0 Å². The van der Waals surface area contributed by atoms with Crippen LogP contribution in [-0.4, -0.2) is 44.4 Å². The molecule has 286 valence electrons. The van der Waals surface area contributed by atoms with Gasteiger partial charge in [-0.3, -0.25) is 4.79 Å². The van der Waals surface area contributed by atoms with E-state index in [1.54, 1.807) is 42.8 Å². The Balaban J connectivity index is 0.00000244. The topological polar surface area (TPSA) is 65.0 Å². The highest BCUT2D eigenvalue weighted by Crippen LogP contribution is 2.48. The number of ether oxygens (including phenoxy) is 1. The van der Waals surface area contributed by atoms with Gasteiger partial charge in [0.05, 0.1) is 13.0 Å². The molecular weight excluding hydrogens is 709 g/mol. The summed E-state index contributed by atoms with van der Waals surface area (Å²) >= 11 is 3.32. The van der Waals surface area contributed by atoms with Gasteiger partial charge in [-0.1, -0.05) is 179 Å². The van der Waals surface area contributed by atoms with Crippen LogP contribution >= 0.6 is 23.5 Å². The molecule has 5 atom stereocenters. The average Bonchev–Trinajstić information content (AvgIpc) is 3.47. The Kier molecular flexibility index (Phi) is 21.3. The first-order valence-electron chi connectivity index (χ1n) is 18.0. The molecule has 5 unspecified atom stereocenters. The van der Waals surface area contributed by atoms with E-state index in [1.807, 2.05) is 94.5 Å². The molecule has 0 amide bonds. The summed E-state index contributed by atoms with van der Waals surface area (Å²) in [5, 5.41) is 7.00. The summed E-state index contributed by atoms with van der Waals surface area (Å²) in [5.74, 6) is -1.40. The lowest BCUT2D eigenvalue weighted by molar-refractivity contribution is -0.318. The first-order chi connectivity index (χ1) is 26.4. The number of Topliss-reactive ketones (excluding diaryl/α,β-unsaturated/α-hetero) is 1. The van der Waals surface area contributed by atoms with E-state index in [0.29, 0.717) is 0 Å². The number of methoxy groups -OCH3 is 1. The minimum atomic E-state index is -0.752. The summed E-state index contributed by atoms with van der Waals surface area (Å²) in [5.41, 5.74) is 4.97. The molecule has 0 bridgehead atoms. The van der Waals surface area contributed by atoms with Gasteiger partial charge in [0.25, 0.3) is 0 Å². The number of rotatable bonds is 15. The lowest BCUT2D eigenvalue weighted by atomic mass is 9.85. The summed E-state index contributed by atoms with van der Waals surface area (Å²) in [6.45, 7) is 23.9. The second-order valence-electron chi connectivity index (χ2n) is 11.5. The highest BCUT2D eigenvalue weighted by Gasteiger charge is 2.53. The van der Waals surface area contributed by atoms with Crippen LogP contribution in [0.15, 0.2) is 191 Å². The summed E-state index contributed by atoms with van der Waals surface area (Å²) in [7, 11) is 4.07. The number of allylic oxidation sites excluding steroid dienone is 19. The molecule has 1 aromatic rings. The van der Waals surface area contributed by atoms with Gasteiger partial charge in [0, 0.05) is 45.7 Å². The molecule has 0 aromatic heterocycles. The molecule has 1 N–H and O–H groups in total. The van der Waals surface area contributed by atoms with Crippen molar-refractivity contribution in [2.24, 2.45) is 17.8 Å². The zero-order chi connectivity index (χ0) is 40.0. The smallest absolute Gasteiger partial charge is 0.168 e. The van der Waals surface area contributed by atoms with Gasteiger partial charge in [0.1, 0.15) is 12.2 Å². The summed E-state index contributed by atoms with van der Waals surface area (Å²) in [4.78, 5) is 30.1. The van der Waals surface area contributed by atoms with Crippen LogP contribution in [0.5, 0.6) is 0 Å². The number of ketones is 1. The van der Waals surface area contributed by atoms with Crippen molar-refractivity contribution < 1.29 is 24.4 Å². The number of benzene rings is 1. The fourth-order valence-electron chi connectivity index (χ4n) is 6.20. The quantitative estimate of drug-likeness (QED) is 0.108. The average molecular weight is 765 g/mol. The molecule has 54 heavy (non-hydrogen) atoms. The summed E-state index contributed by atoms with van der Waals surface area (Å²) in [6, 6.07) is 10.2. The third-order valence-electron chi connectivity index (χ3n) is 8.52. The van der Waals surface area contributed by atoms with Crippen LogP contribution in [0.4, 0.5) is 0 Å². The first kappa shape index (κ1) is 45.9. The van der Waals surface area contributed by atoms with Gasteiger partial charge >= 0.3 is 0 Å². The highest BCUT2D eigenvalue weighted by molar-refractivity contribution is 8.12. The largest absolute Gasteiger partial charge is 0.400 e. The molecule has 1 saturated carbocycles. The van der Waals surface area contributed by atoms with Gasteiger partial charge in [-0.25, -0.2) is 9.78 Å². The van der Waals surface area contributed by atoms with E-state index in [-0.39, 0.29) is 11.7 Å².